The number of carbonyl (C=O) groups is 3. The van der Waals surface area contributed by atoms with Gasteiger partial charge in [0.25, 0.3) is 0 Å². The molecule has 1 aromatic carbocycles. The van der Waals surface area contributed by atoms with Gasteiger partial charge < -0.3 is 31.3 Å². The smallest absolute Gasteiger partial charge is 0.404 e. The van der Waals surface area contributed by atoms with E-state index >= 15 is 0 Å². The maximum Gasteiger partial charge on any atom is 0.404 e. The Kier molecular flexibility index (Phi) is 6.58. The van der Waals surface area contributed by atoms with E-state index < -0.39 is 6.09 Å². The average molecular weight is 349 g/mol. The topological polar surface area (TPSA) is 128 Å². The molecule has 0 saturated carbocycles. The van der Waals surface area contributed by atoms with Gasteiger partial charge >= 0.3 is 12.1 Å². The minimum absolute atomic E-state index is 0.00975. The molecule has 9 nitrogen and oxygen atoms in total. The summed E-state index contributed by atoms with van der Waals surface area (Å²) in [5.41, 5.74) is 7.10. The molecule has 136 valence electrons. The number of nitrogens with one attached hydrogen (secondary N) is 2. The molecule has 1 fully saturated rings. The van der Waals surface area contributed by atoms with Gasteiger partial charge in [-0.25, -0.2) is 9.59 Å². The summed E-state index contributed by atoms with van der Waals surface area (Å²) >= 11 is 0. The number of amides is 4. The summed E-state index contributed by atoms with van der Waals surface area (Å²) < 4.78 is 0. The number of benzene rings is 1. The van der Waals surface area contributed by atoms with Crippen LogP contribution >= 0.6 is 0 Å². The molecule has 0 atom stereocenters. The van der Waals surface area contributed by atoms with Gasteiger partial charge in [0, 0.05) is 39.3 Å². The first kappa shape index (κ1) is 18.5. The fourth-order valence-electron chi connectivity index (χ4n) is 2.53. The Morgan fingerprint density at radius 1 is 0.920 bits per heavy atom. The van der Waals surface area contributed by atoms with Crippen LogP contribution < -0.4 is 16.4 Å². The Balaban J connectivity index is 1.75. The van der Waals surface area contributed by atoms with Crippen LogP contribution in [0.5, 0.6) is 0 Å². The monoisotopic (exact) mass is 349 g/mol. The number of carboxylic acid groups (broad SMARTS) is 1. The first-order valence-corrected chi connectivity index (χ1v) is 8.05. The van der Waals surface area contributed by atoms with Crippen LogP contribution in [0, 0.1) is 0 Å². The summed E-state index contributed by atoms with van der Waals surface area (Å²) in [7, 11) is 0. The van der Waals surface area contributed by atoms with Crippen molar-refractivity contribution in [2.45, 2.75) is 13.1 Å². The summed E-state index contributed by atoms with van der Waals surface area (Å²) in [4.78, 5) is 37.5. The zero-order valence-corrected chi connectivity index (χ0v) is 13.9. The molecule has 1 saturated heterocycles. The molecule has 0 aliphatic carbocycles. The van der Waals surface area contributed by atoms with E-state index in [1.165, 1.54) is 0 Å². The van der Waals surface area contributed by atoms with Crippen LogP contribution in [0.25, 0.3) is 0 Å². The van der Waals surface area contributed by atoms with Crippen molar-refractivity contribution in [2.24, 2.45) is 5.73 Å². The normalized spacial score (nSPS) is 14.1. The predicted octanol–water partition coefficient (Wildman–Crippen LogP) is -0.233. The van der Waals surface area contributed by atoms with Crippen LogP contribution in [-0.4, -0.2) is 65.7 Å². The first-order chi connectivity index (χ1) is 12.0. The molecule has 5 N–H and O–H groups in total. The van der Waals surface area contributed by atoms with Gasteiger partial charge in [0.15, 0.2) is 0 Å². The van der Waals surface area contributed by atoms with E-state index in [4.69, 9.17) is 10.8 Å². The highest BCUT2D eigenvalue weighted by molar-refractivity contribution is 5.79. The van der Waals surface area contributed by atoms with Crippen molar-refractivity contribution < 1.29 is 19.5 Å². The minimum Gasteiger partial charge on any atom is -0.465 e. The standard InChI is InChI=1S/C16H23N5O4/c17-9-14(22)20-5-7-21(8-6-20)15(23)18-10-12-1-3-13(4-2-12)11-19-16(24)25/h1-4,19H,5-11,17H2,(H,18,23)(H,24,25). The van der Waals surface area contributed by atoms with Crippen LogP contribution in [-0.2, 0) is 17.9 Å². The van der Waals surface area contributed by atoms with Crippen molar-refractivity contribution in [2.75, 3.05) is 32.7 Å². The number of carbonyl (C=O) groups excluding carboxylic acids is 2. The largest absolute Gasteiger partial charge is 0.465 e. The molecule has 1 heterocycles. The van der Waals surface area contributed by atoms with Crippen LogP contribution in [0.2, 0.25) is 0 Å². The molecule has 4 amide bonds. The van der Waals surface area contributed by atoms with Crippen molar-refractivity contribution in [1.29, 1.82) is 0 Å². The average Bonchev–Trinajstić information content (AvgIpc) is 2.64. The lowest BCUT2D eigenvalue weighted by Gasteiger charge is -2.34. The minimum atomic E-state index is -1.07. The summed E-state index contributed by atoms with van der Waals surface area (Å²) in [5, 5.41) is 13.7. The summed E-state index contributed by atoms with van der Waals surface area (Å²) in [5.74, 6) is -0.0995. The van der Waals surface area contributed by atoms with E-state index in [0.717, 1.165) is 11.1 Å². The quantitative estimate of drug-likeness (QED) is 0.584. The maximum absolute atomic E-state index is 12.2. The summed E-state index contributed by atoms with van der Waals surface area (Å²) in [6, 6.07) is 7.15. The third-order valence-electron chi connectivity index (χ3n) is 4.00. The number of hydrogen-bond donors (Lipinski definition) is 4. The second-order valence-corrected chi connectivity index (χ2v) is 5.71. The molecule has 0 radical (unpaired) electrons. The molecule has 0 bridgehead atoms. The van der Waals surface area contributed by atoms with E-state index in [-0.39, 0.29) is 25.0 Å². The first-order valence-electron chi connectivity index (χ1n) is 8.05. The molecule has 9 heteroatoms. The highest BCUT2D eigenvalue weighted by Crippen LogP contribution is 2.06. The Labute approximate surface area is 145 Å². The van der Waals surface area contributed by atoms with Gasteiger partial charge in [-0.15, -0.1) is 0 Å². The second kappa shape index (κ2) is 8.88. The highest BCUT2D eigenvalue weighted by atomic mass is 16.4. The van der Waals surface area contributed by atoms with E-state index in [2.05, 4.69) is 10.6 Å². The van der Waals surface area contributed by atoms with Gasteiger partial charge in [-0.3, -0.25) is 4.79 Å². The van der Waals surface area contributed by atoms with E-state index in [0.29, 0.717) is 32.7 Å². The fourth-order valence-corrected chi connectivity index (χ4v) is 2.53. The lowest BCUT2D eigenvalue weighted by atomic mass is 10.1. The Hall–Kier alpha value is -2.81. The molecule has 1 aliphatic heterocycles. The van der Waals surface area contributed by atoms with Crippen molar-refractivity contribution >= 4 is 18.0 Å². The van der Waals surface area contributed by atoms with Crippen LogP contribution in [0.3, 0.4) is 0 Å². The Bertz CT molecular complexity index is 611. The number of urea groups is 1. The lowest BCUT2D eigenvalue weighted by molar-refractivity contribution is -0.131. The zero-order valence-electron chi connectivity index (χ0n) is 13.9. The molecule has 1 aromatic rings. The lowest BCUT2D eigenvalue weighted by Crippen LogP contribution is -2.54. The van der Waals surface area contributed by atoms with Gasteiger partial charge in [0.05, 0.1) is 6.54 Å². The fraction of sp³-hybridized carbons (Fsp3) is 0.438. The highest BCUT2D eigenvalue weighted by Gasteiger charge is 2.23. The molecule has 0 aromatic heterocycles. The number of hydrogen-bond acceptors (Lipinski definition) is 4. The molecule has 0 spiro atoms. The van der Waals surface area contributed by atoms with Gasteiger partial charge in [0.2, 0.25) is 5.91 Å². The summed E-state index contributed by atoms with van der Waals surface area (Å²) in [6.45, 7) is 2.57. The zero-order chi connectivity index (χ0) is 18.2. The molecular formula is C16H23N5O4. The second-order valence-electron chi connectivity index (χ2n) is 5.71. The third kappa shape index (κ3) is 5.64. The molecule has 25 heavy (non-hydrogen) atoms. The van der Waals surface area contributed by atoms with Crippen molar-refractivity contribution in [3.63, 3.8) is 0 Å². The SMILES string of the molecule is NCC(=O)N1CCN(C(=O)NCc2ccc(CNC(=O)O)cc2)CC1. The van der Waals surface area contributed by atoms with Crippen LogP contribution in [0.4, 0.5) is 9.59 Å². The van der Waals surface area contributed by atoms with Gasteiger partial charge in [-0.05, 0) is 11.1 Å². The van der Waals surface area contributed by atoms with Crippen molar-refractivity contribution in [3.8, 4) is 0 Å². The van der Waals surface area contributed by atoms with Crippen molar-refractivity contribution in [3.05, 3.63) is 35.4 Å². The van der Waals surface area contributed by atoms with Gasteiger partial charge in [-0.2, -0.15) is 0 Å². The number of nitrogens with two attached hydrogens (primary N) is 1. The number of piperazine rings is 1. The summed E-state index contributed by atoms with van der Waals surface area (Å²) in [6.07, 6.45) is -1.07. The third-order valence-corrected chi connectivity index (χ3v) is 4.00. The predicted molar refractivity (Wildman–Crippen MR) is 90.7 cm³/mol. The molecule has 2 rings (SSSR count). The van der Waals surface area contributed by atoms with E-state index in [1.807, 2.05) is 24.3 Å². The van der Waals surface area contributed by atoms with Gasteiger partial charge in [-0.1, -0.05) is 24.3 Å². The number of nitrogens with zero attached hydrogens (tertiary/aromatic N) is 2. The molecule has 0 unspecified atom stereocenters. The van der Waals surface area contributed by atoms with E-state index in [9.17, 15) is 14.4 Å². The van der Waals surface area contributed by atoms with Gasteiger partial charge in [0.1, 0.15) is 0 Å². The van der Waals surface area contributed by atoms with E-state index in [1.54, 1.807) is 9.80 Å². The molecule has 1 aliphatic rings. The number of rotatable bonds is 5. The van der Waals surface area contributed by atoms with Crippen LogP contribution in [0.15, 0.2) is 24.3 Å². The Morgan fingerprint density at radius 3 is 1.88 bits per heavy atom. The Morgan fingerprint density at radius 2 is 1.40 bits per heavy atom. The molecular weight excluding hydrogens is 326 g/mol. The van der Waals surface area contributed by atoms with Crippen molar-refractivity contribution in [1.82, 2.24) is 20.4 Å². The van der Waals surface area contributed by atoms with Crippen LogP contribution in [0.1, 0.15) is 11.1 Å². The maximum atomic E-state index is 12.2.